The fourth-order valence-corrected chi connectivity index (χ4v) is 2.47. The van der Waals surface area contributed by atoms with Crippen molar-refractivity contribution in [3.8, 4) is 11.8 Å². The largest absolute Gasteiger partial charge is 0.330 e. The van der Waals surface area contributed by atoms with Crippen LogP contribution in [0.1, 0.15) is 24.5 Å². The molecular weight excluding hydrogens is 260 g/mol. The number of carbonyl (C=O) groups is 1. The topological polar surface area (TPSA) is 46.3 Å². The van der Waals surface area contributed by atoms with Gasteiger partial charge in [0.15, 0.2) is 0 Å². The molecule has 0 saturated carbocycles. The summed E-state index contributed by atoms with van der Waals surface area (Å²) in [6.07, 6.45) is 0.337. The van der Waals surface area contributed by atoms with Crippen molar-refractivity contribution in [3.05, 3.63) is 65.2 Å². The molecule has 0 unspecified atom stereocenters. The Morgan fingerprint density at radius 3 is 2.57 bits per heavy atom. The first-order chi connectivity index (χ1) is 10.3. The zero-order chi connectivity index (χ0) is 14.7. The highest BCUT2D eigenvalue weighted by molar-refractivity contribution is 5.95. The number of rotatable bonds is 2. The van der Waals surface area contributed by atoms with E-state index in [4.69, 9.17) is 5.73 Å². The number of nitrogens with zero attached hydrogens (tertiary/aromatic N) is 1. The van der Waals surface area contributed by atoms with Crippen LogP contribution in [0.2, 0.25) is 0 Å². The molecule has 3 nitrogen and oxygen atoms in total. The van der Waals surface area contributed by atoms with Gasteiger partial charge in [-0.3, -0.25) is 4.79 Å². The van der Waals surface area contributed by atoms with Gasteiger partial charge in [0.25, 0.3) is 0 Å². The maximum atomic E-state index is 12.4. The van der Waals surface area contributed by atoms with Crippen LogP contribution in [0, 0.1) is 11.8 Å². The predicted octanol–water partition coefficient (Wildman–Crippen LogP) is 2.53. The molecule has 3 heteroatoms. The first-order valence-electron chi connectivity index (χ1n) is 6.99. The van der Waals surface area contributed by atoms with Crippen molar-refractivity contribution >= 4 is 11.6 Å². The number of benzene rings is 2. The monoisotopic (exact) mass is 278 g/mol. The number of hydrogen-bond acceptors (Lipinski definition) is 2. The van der Waals surface area contributed by atoms with Gasteiger partial charge in [-0.2, -0.15) is 0 Å². The van der Waals surface area contributed by atoms with Crippen molar-refractivity contribution in [1.82, 2.24) is 0 Å². The van der Waals surface area contributed by atoms with Gasteiger partial charge in [0, 0.05) is 25.5 Å². The highest BCUT2D eigenvalue weighted by Crippen LogP contribution is 2.25. The molecule has 0 aromatic heterocycles. The van der Waals surface area contributed by atoms with Crippen LogP contribution >= 0.6 is 0 Å². The molecular formula is C18H18N2O. The van der Waals surface area contributed by atoms with Gasteiger partial charge in [-0.1, -0.05) is 42.2 Å². The predicted molar refractivity (Wildman–Crippen MR) is 85.8 cm³/mol. The maximum Gasteiger partial charge on any atom is 0.228 e. The lowest BCUT2D eigenvalue weighted by molar-refractivity contribution is -0.118. The number of para-hydroxylation sites is 1. The summed E-state index contributed by atoms with van der Waals surface area (Å²) in [6, 6.07) is 15.7. The highest BCUT2D eigenvalue weighted by atomic mass is 16.2. The summed E-state index contributed by atoms with van der Waals surface area (Å²) in [4.78, 5) is 14.2. The van der Waals surface area contributed by atoms with E-state index in [2.05, 4.69) is 11.8 Å². The second-order valence-electron chi connectivity index (χ2n) is 4.94. The molecule has 0 saturated heterocycles. The van der Waals surface area contributed by atoms with Crippen LogP contribution in [0.5, 0.6) is 0 Å². The Morgan fingerprint density at radius 2 is 1.76 bits per heavy atom. The number of amides is 1. The minimum atomic E-state index is 0. The van der Waals surface area contributed by atoms with Crippen LogP contribution < -0.4 is 10.6 Å². The molecule has 106 valence electrons. The van der Waals surface area contributed by atoms with Crippen LogP contribution in [-0.2, 0) is 11.3 Å². The third kappa shape index (κ3) is 2.67. The van der Waals surface area contributed by atoms with E-state index in [1.54, 1.807) is 4.90 Å². The van der Waals surface area contributed by atoms with E-state index in [0.717, 1.165) is 22.4 Å². The van der Waals surface area contributed by atoms with E-state index < -0.39 is 0 Å². The van der Waals surface area contributed by atoms with Crippen LogP contribution in [0.15, 0.2) is 48.5 Å². The Labute approximate surface area is 125 Å². The smallest absolute Gasteiger partial charge is 0.228 e. The van der Waals surface area contributed by atoms with E-state index in [1.807, 2.05) is 48.5 Å². The van der Waals surface area contributed by atoms with Crippen molar-refractivity contribution in [2.45, 2.75) is 13.0 Å². The number of nitrogens with two attached hydrogens (primary N) is 1. The molecule has 2 aromatic rings. The lowest BCUT2D eigenvalue weighted by Crippen LogP contribution is -2.33. The molecule has 2 aromatic carbocycles. The summed E-state index contributed by atoms with van der Waals surface area (Å²) >= 11 is 0. The number of anilines is 1. The minimum absolute atomic E-state index is 0. The standard InChI is InChI=1S/C18H16N2O.H2/c19-12-11-18(21)20-13-16-7-2-1-5-14(16)9-10-15-6-3-4-8-17(15)20;/h1-8H,11-13,19H2;1H. The molecule has 0 spiro atoms. The summed E-state index contributed by atoms with van der Waals surface area (Å²) in [5, 5.41) is 0. The average Bonchev–Trinajstić information content (AvgIpc) is 2.50. The molecule has 21 heavy (non-hydrogen) atoms. The van der Waals surface area contributed by atoms with Crippen molar-refractivity contribution in [2.24, 2.45) is 5.73 Å². The molecule has 1 amide bonds. The zero-order valence-corrected chi connectivity index (χ0v) is 11.7. The van der Waals surface area contributed by atoms with Crippen molar-refractivity contribution in [1.29, 1.82) is 0 Å². The second kappa shape index (κ2) is 5.82. The summed E-state index contributed by atoms with van der Waals surface area (Å²) in [5.41, 5.74) is 9.31. The van der Waals surface area contributed by atoms with Crippen molar-refractivity contribution < 1.29 is 6.22 Å². The Hall–Kier alpha value is -2.57. The van der Waals surface area contributed by atoms with Gasteiger partial charge < -0.3 is 10.6 Å². The van der Waals surface area contributed by atoms with Gasteiger partial charge in [-0.05, 0) is 23.8 Å². The lowest BCUT2D eigenvalue weighted by atomic mass is 10.0. The van der Waals surface area contributed by atoms with Gasteiger partial charge >= 0.3 is 0 Å². The molecule has 1 aliphatic heterocycles. The summed E-state index contributed by atoms with van der Waals surface area (Å²) < 4.78 is 0. The lowest BCUT2D eigenvalue weighted by Gasteiger charge is -2.25. The second-order valence-corrected chi connectivity index (χ2v) is 4.94. The molecule has 1 aliphatic rings. The molecule has 0 fully saturated rings. The molecule has 0 bridgehead atoms. The average molecular weight is 278 g/mol. The van der Waals surface area contributed by atoms with Crippen molar-refractivity contribution in [2.75, 3.05) is 11.4 Å². The van der Waals surface area contributed by atoms with E-state index in [0.29, 0.717) is 19.5 Å². The van der Waals surface area contributed by atoms with Gasteiger partial charge in [0.2, 0.25) is 5.91 Å². The van der Waals surface area contributed by atoms with Crippen LogP contribution in [0.4, 0.5) is 5.69 Å². The number of fused-ring (bicyclic) bond motifs is 2. The molecule has 1 heterocycles. The van der Waals surface area contributed by atoms with E-state index in [1.165, 1.54) is 0 Å². The zero-order valence-electron chi connectivity index (χ0n) is 11.7. The maximum absolute atomic E-state index is 12.4. The third-order valence-corrected chi connectivity index (χ3v) is 3.53. The quantitative estimate of drug-likeness (QED) is 0.858. The molecule has 0 atom stereocenters. The van der Waals surface area contributed by atoms with Gasteiger partial charge in [-0.15, -0.1) is 0 Å². The molecule has 0 aliphatic carbocycles. The molecule has 2 N–H and O–H groups in total. The van der Waals surface area contributed by atoms with Crippen LogP contribution in [0.25, 0.3) is 0 Å². The fourth-order valence-electron chi connectivity index (χ4n) is 2.47. The Bertz CT molecular complexity index is 746. The normalized spacial score (nSPS) is 12.3. The SMILES string of the molecule is NCCC(=O)N1Cc2ccccc2C#Cc2ccccc21.[HH]. The summed E-state index contributed by atoms with van der Waals surface area (Å²) in [6.45, 7) is 0.880. The number of carbonyl (C=O) groups excluding carboxylic acids is 1. The van der Waals surface area contributed by atoms with Crippen LogP contribution in [-0.4, -0.2) is 12.5 Å². The number of hydrogen-bond donors (Lipinski definition) is 1. The Kier molecular flexibility index (Phi) is 3.72. The van der Waals surface area contributed by atoms with Crippen molar-refractivity contribution in [3.63, 3.8) is 0 Å². The van der Waals surface area contributed by atoms with E-state index in [9.17, 15) is 4.79 Å². The molecule has 0 radical (unpaired) electrons. The minimum Gasteiger partial charge on any atom is -0.330 e. The molecule has 3 rings (SSSR count). The van der Waals surface area contributed by atoms with E-state index >= 15 is 0 Å². The van der Waals surface area contributed by atoms with E-state index in [-0.39, 0.29) is 7.33 Å². The highest BCUT2D eigenvalue weighted by Gasteiger charge is 2.20. The summed E-state index contributed by atoms with van der Waals surface area (Å²) in [5.74, 6) is 6.40. The van der Waals surface area contributed by atoms with Crippen LogP contribution in [0.3, 0.4) is 0 Å². The first kappa shape index (κ1) is 13.4. The van der Waals surface area contributed by atoms with Gasteiger partial charge in [0.1, 0.15) is 0 Å². The van der Waals surface area contributed by atoms with Gasteiger partial charge in [0.05, 0.1) is 12.2 Å². The third-order valence-electron chi connectivity index (χ3n) is 3.53. The van der Waals surface area contributed by atoms with Gasteiger partial charge in [-0.25, -0.2) is 0 Å². The first-order valence-corrected chi connectivity index (χ1v) is 6.99. The summed E-state index contributed by atoms with van der Waals surface area (Å²) in [7, 11) is 0. The fraction of sp³-hybridized carbons (Fsp3) is 0.167. The Morgan fingerprint density at radius 1 is 1.10 bits per heavy atom. The Balaban J connectivity index is 0.00000176.